The first-order chi connectivity index (χ1) is 11.7. The summed E-state index contributed by atoms with van der Waals surface area (Å²) in [6.45, 7) is 4.54. The quantitative estimate of drug-likeness (QED) is 0.794. The number of piperazine rings is 1. The monoisotopic (exact) mass is 362 g/mol. The molecule has 0 saturated carbocycles. The van der Waals surface area contributed by atoms with Crippen molar-refractivity contribution in [3.8, 4) is 0 Å². The molecule has 0 spiro atoms. The van der Waals surface area contributed by atoms with Gasteiger partial charge in [-0.05, 0) is 24.3 Å². The summed E-state index contributed by atoms with van der Waals surface area (Å²) in [5, 5.41) is 11.1. The summed E-state index contributed by atoms with van der Waals surface area (Å²) in [4.78, 5) is 5.87. The zero-order valence-electron chi connectivity index (χ0n) is 13.6. The number of hydrogen-bond donors (Lipinski definition) is 1. The molecule has 1 N–H and O–H groups in total. The highest BCUT2D eigenvalue weighted by Crippen LogP contribution is 2.26. The molecule has 0 bridgehead atoms. The number of thioether (sulfide) groups is 1. The number of nitrogens with zero attached hydrogens (tertiary/aromatic N) is 2. The van der Waals surface area contributed by atoms with Crippen molar-refractivity contribution in [1.82, 2.24) is 4.90 Å². The smallest absolute Gasteiger partial charge is 0.0760 e. The van der Waals surface area contributed by atoms with Crippen LogP contribution in [0.5, 0.6) is 0 Å². The fraction of sp³-hybridized carbons (Fsp3) is 0.368. The van der Waals surface area contributed by atoms with Crippen LogP contribution in [0.15, 0.2) is 59.5 Å². The van der Waals surface area contributed by atoms with Crippen molar-refractivity contribution in [2.75, 3.05) is 43.4 Å². The molecular formula is C19H23ClN2OS. The first kappa shape index (κ1) is 17.6. The summed E-state index contributed by atoms with van der Waals surface area (Å²) in [5.74, 6) is 0.731. The van der Waals surface area contributed by atoms with Gasteiger partial charge in [-0.1, -0.05) is 41.9 Å². The molecule has 0 aliphatic carbocycles. The zero-order valence-corrected chi connectivity index (χ0v) is 15.2. The van der Waals surface area contributed by atoms with Crippen LogP contribution in [0.1, 0.15) is 0 Å². The van der Waals surface area contributed by atoms with Crippen LogP contribution >= 0.6 is 23.4 Å². The van der Waals surface area contributed by atoms with E-state index in [1.165, 1.54) is 4.90 Å². The van der Waals surface area contributed by atoms with Gasteiger partial charge in [-0.25, -0.2) is 0 Å². The van der Waals surface area contributed by atoms with E-state index in [2.05, 4.69) is 28.0 Å². The molecule has 0 radical (unpaired) electrons. The fourth-order valence-electron chi connectivity index (χ4n) is 2.94. The van der Waals surface area contributed by atoms with Crippen LogP contribution in [0.25, 0.3) is 0 Å². The lowest BCUT2D eigenvalue weighted by molar-refractivity contribution is 0.126. The van der Waals surface area contributed by atoms with Gasteiger partial charge in [-0.15, -0.1) is 11.8 Å². The largest absolute Gasteiger partial charge is 0.391 e. The van der Waals surface area contributed by atoms with Gasteiger partial charge in [0.2, 0.25) is 0 Å². The Kier molecular flexibility index (Phi) is 6.44. The van der Waals surface area contributed by atoms with Gasteiger partial charge in [0.25, 0.3) is 0 Å². The van der Waals surface area contributed by atoms with E-state index >= 15 is 0 Å². The maximum absolute atomic E-state index is 10.3. The van der Waals surface area contributed by atoms with Crippen LogP contribution in [0.4, 0.5) is 5.69 Å². The number of halogens is 1. The molecule has 24 heavy (non-hydrogen) atoms. The molecule has 1 fully saturated rings. The first-order valence-electron chi connectivity index (χ1n) is 8.30. The molecule has 3 nitrogen and oxygen atoms in total. The lowest BCUT2D eigenvalue weighted by atomic mass is 10.2. The van der Waals surface area contributed by atoms with E-state index in [9.17, 15) is 5.11 Å². The molecule has 1 aliphatic heterocycles. The van der Waals surface area contributed by atoms with E-state index in [4.69, 9.17) is 11.6 Å². The number of benzene rings is 2. The van der Waals surface area contributed by atoms with E-state index < -0.39 is 0 Å². The Labute approximate surface area is 153 Å². The lowest BCUT2D eigenvalue weighted by Crippen LogP contribution is -2.49. The van der Waals surface area contributed by atoms with E-state index in [1.807, 2.05) is 36.4 Å². The minimum Gasteiger partial charge on any atom is -0.391 e. The van der Waals surface area contributed by atoms with Gasteiger partial charge in [-0.3, -0.25) is 4.90 Å². The number of para-hydroxylation sites is 1. The van der Waals surface area contributed by atoms with Crippen LogP contribution in [0.3, 0.4) is 0 Å². The fourth-order valence-corrected chi connectivity index (χ4v) is 4.03. The number of aliphatic hydroxyl groups is 1. The summed E-state index contributed by atoms with van der Waals surface area (Å²) in [6.07, 6.45) is -0.304. The predicted molar refractivity (Wildman–Crippen MR) is 103 cm³/mol. The Balaban J connectivity index is 1.43. The van der Waals surface area contributed by atoms with Gasteiger partial charge >= 0.3 is 0 Å². The highest BCUT2D eigenvalue weighted by Gasteiger charge is 2.20. The molecule has 0 aromatic heterocycles. The van der Waals surface area contributed by atoms with Crippen molar-refractivity contribution in [3.63, 3.8) is 0 Å². The standard InChI is InChI=1S/C19H23ClN2OS/c20-18-8-4-5-9-19(18)22-12-10-21(11-13-22)14-16(23)15-24-17-6-2-1-3-7-17/h1-9,16,23H,10-15H2/t16-/m1/s1. The van der Waals surface area contributed by atoms with Crippen molar-refractivity contribution in [3.05, 3.63) is 59.6 Å². The Morgan fingerprint density at radius 1 is 0.958 bits per heavy atom. The van der Waals surface area contributed by atoms with Crippen LogP contribution < -0.4 is 4.90 Å². The van der Waals surface area contributed by atoms with Gasteiger partial charge in [-0.2, -0.15) is 0 Å². The second kappa shape index (κ2) is 8.77. The van der Waals surface area contributed by atoms with E-state index in [-0.39, 0.29) is 6.10 Å². The average molecular weight is 363 g/mol. The van der Waals surface area contributed by atoms with Gasteiger partial charge in [0.1, 0.15) is 0 Å². The highest BCUT2D eigenvalue weighted by molar-refractivity contribution is 7.99. The first-order valence-corrected chi connectivity index (χ1v) is 9.66. The molecule has 3 rings (SSSR count). The van der Waals surface area contributed by atoms with Gasteiger partial charge in [0.15, 0.2) is 0 Å². The zero-order chi connectivity index (χ0) is 16.8. The SMILES string of the molecule is O[C@@H](CSc1ccccc1)CN1CCN(c2ccccc2Cl)CC1. The van der Waals surface area contributed by atoms with E-state index in [1.54, 1.807) is 11.8 Å². The Morgan fingerprint density at radius 2 is 1.62 bits per heavy atom. The number of rotatable bonds is 6. The van der Waals surface area contributed by atoms with Gasteiger partial charge in [0.05, 0.1) is 16.8 Å². The average Bonchev–Trinajstić information content (AvgIpc) is 2.62. The Bertz CT molecular complexity index is 632. The number of aliphatic hydroxyl groups excluding tert-OH is 1. The molecule has 1 atom stereocenters. The minimum atomic E-state index is -0.304. The second-order valence-corrected chi connectivity index (χ2v) is 7.52. The van der Waals surface area contributed by atoms with E-state index in [0.717, 1.165) is 49.2 Å². The van der Waals surface area contributed by atoms with E-state index in [0.29, 0.717) is 0 Å². The highest BCUT2D eigenvalue weighted by atomic mass is 35.5. The lowest BCUT2D eigenvalue weighted by Gasteiger charge is -2.37. The summed E-state index contributed by atoms with van der Waals surface area (Å²) in [5.41, 5.74) is 1.11. The molecule has 1 heterocycles. The molecule has 2 aromatic carbocycles. The molecule has 2 aromatic rings. The molecule has 0 unspecified atom stereocenters. The van der Waals surface area contributed by atoms with Gasteiger partial charge in [0, 0.05) is 43.4 Å². The summed E-state index contributed by atoms with van der Waals surface area (Å²) < 4.78 is 0. The summed E-state index contributed by atoms with van der Waals surface area (Å²) in [6, 6.07) is 18.2. The maximum atomic E-state index is 10.3. The minimum absolute atomic E-state index is 0.304. The molecule has 5 heteroatoms. The normalized spacial score (nSPS) is 17.0. The molecule has 1 saturated heterocycles. The van der Waals surface area contributed by atoms with Crippen molar-refractivity contribution in [2.45, 2.75) is 11.0 Å². The van der Waals surface area contributed by atoms with Gasteiger partial charge < -0.3 is 10.0 Å². The topological polar surface area (TPSA) is 26.7 Å². The predicted octanol–water partition coefficient (Wildman–Crippen LogP) is 3.62. The third-order valence-corrected chi connectivity index (χ3v) is 5.70. The van der Waals surface area contributed by atoms with Crippen molar-refractivity contribution in [2.24, 2.45) is 0 Å². The second-order valence-electron chi connectivity index (χ2n) is 6.02. The summed E-state index contributed by atoms with van der Waals surface area (Å²) in [7, 11) is 0. The number of β-amino-alcohol motifs (C(OH)–C–C–N with tert-alkyl or cyclic N) is 1. The third-order valence-electron chi connectivity index (χ3n) is 4.22. The molecule has 1 aliphatic rings. The van der Waals surface area contributed by atoms with Crippen molar-refractivity contribution in [1.29, 1.82) is 0 Å². The summed E-state index contributed by atoms with van der Waals surface area (Å²) >= 11 is 7.99. The van der Waals surface area contributed by atoms with Crippen LogP contribution in [-0.4, -0.2) is 54.6 Å². The molecule has 0 amide bonds. The van der Waals surface area contributed by atoms with Crippen LogP contribution in [0, 0.1) is 0 Å². The molecular weight excluding hydrogens is 340 g/mol. The molecule has 128 valence electrons. The van der Waals surface area contributed by atoms with Crippen LogP contribution in [-0.2, 0) is 0 Å². The van der Waals surface area contributed by atoms with Crippen LogP contribution in [0.2, 0.25) is 5.02 Å². The van der Waals surface area contributed by atoms with Crippen molar-refractivity contribution >= 4 is 29.1 Å². The Morgan fingerprint density at radius 3 is 2.33 bits per heavy atom. The van der Waals surface area contributed by atoms with Crippen molar-refractivity contribution < 1.29 is 5.11 Å². The third kappa shape index (κ3) is 4.90. The number of hydrogen-bond acceptors (Lipinski definition) is 4. The number of anilines is 1. The Hall–Kier alpha value is -1.20. The maximum Gasteiger partial charge on any atom is 0.0760 e.